The second-order valence-electron chi connectivity index (χ2n) is 8.87. The lowest BCUT2D eigenvalue weighted by Crippen LogP contribution is -2.39. The number of thioether (sulfide) groups is 1. The Morgan fingerprint density at radius 3 is 2.72 bits per heavy atom. The Morgan fingerprint density at radius 1 is 1.17 bits per heavy atom. The van der Waals surface area contributed by atoms with E-state index in [2.05, 4.69) is 20.0 Å². The Kier molecular flexibility index (Phi) is 6.78. The van der Waals surface area contributed by atoms with Crippen LogP contribution in [0.15, 0.2) is 58.5 Å². The predicted molar refractivity (Wildman–Crippen MR) is 140 cm³/mol. The Labute approximate surface area is 213 Å². The number of piperidine rings is 1. The summed E-state index contributed by atoms with van der Waals surface area (Å²) < 4.78 is 28.6. The Morgan fingerprint density at radius 2 is 1.97 bits per heavy atom. The fourth-order valence-electron chi connectivity index (χ4n) is 4.39. The highest BCUT2D eigenvalue weighted by molar-refractivity contribution is 8.18. The average Bonchev–Trinajstić information content (AvgIpc) is 3.19. The molecule has 2 aliphatic rings. The zero-order valence-electron chi connectivity index (χ0n) is 19.6. The third-order valence-electron chi connectivity index (χ3n) is 6.43. The van der Waals surface area contributed by atoms with Crippen LogP contribution in [0.5, 0.6) is 0 Å². The molecule has 9 nitrogen and oxygen atoms in total. The number of hydrogen-bond acceptors (Lipinski definition) is 8. The van der Waals surface area contributed by atoms with E-state index in [1.807, 2.05) is 36.1 Å². The highest BCUT2D eigenvalue weighted by Crippen LogP contribution is 2.26. The van der Waals surface area contributed by atoms with Crippen molar-refractivity contribution in [1.82, 2.24) is 20.0 Å². The van der Waals surface area contributed by atoms with Gasteiger partial charge in [-0.3, -0.25) is 14.9 Å². The van der Waals surface area contributed by atoms with E-state index in [1.165, 1.54) is 0 Å². The van der Waals surface area contributed by atoms with Crippen LogP contribution in [-0.2, 0) is 14.8 Å². The van der Waals surface area contributed by atoms with Crippen molar-refractivity contribution in [2.24, 2.45) is 5.92 Å². The molecule has 2 aromatic carbocycles. The van der Waals surface area contributed by atoms with Gasteiger partial charge in [0, 0.05) is 25.8 Å². The number of benzene rings is 2. The van der Waals surface area contributed by atoms with Gasteiger partial charge in [0.05, 0.1) is 15.5 Å². The number of aromatic nitrogens is 2. The van der Waals surface area contributed by atoms with Gasteiger partial charge in [-0.15, -0.1) is 0 Å². The number of carbonyl (C=O) groups excluding carboxylic acids is 2. The predicted octanol–water partition coefficient (Wildman–Crippen LogP) is 3.46. The first-order chi connectivity index (χ1) is 17.3. The summed E-state index contributed by atoms with van der Waals surface area (Å²) in [4.78, 5) is 34.6. The van der Waals surface area contributed by atoms with E-state index in [0.717, 1.165) is 40.9 Å². The summed E-state index contributed by atoms with van der Waals surface area (Å²) in [5.41, 5.74) is 1.66. The molecule has 36 heavy (non-hydrogen) atoms. The van der Waals surface area contributed by atoms with Gasteiger partial charge in [-0.25, -0.2) is 23.1 Å². The van der Waals surface area contributed by atoms with Crippen LogP contribution in [0.1, 0.15) is 24.1 Å². The molecular weight excluding hydrogens is 498 g/mol. The van der Waals surface area contributed by atoms with Crippen LogP contribution in [0.4, 0.5) is 10.7 Å². The summed E-state index contributed by atoms with van der Waals surface area (Å²) in [6.07, 6.45) is 4.78. The number of imide groups is 1. The first kappa shape index (κ1) is 24.4. The quantitative estimate of drug-likeness (QED) is 0.471. The van der Waals surface area contributed by atoms with E-state index in [1.54, 1.807) is 30.5 Å². The molecule has 5 rings (SSSR count). The second kappa shape index (κ2) is 10.00. The Balaban J connectivity index is 1.19. The minimum Gasteiger partial charge on any atom is -0.341 e. The normalized spacial score (nSPS) is 18.2. The van der Waals surface area contributed by atoms with Gasteiger partial charge in [0.2, 0.25) is 16.0 Å². The van der Waals surface area contributed by atoms with E-state index in [9.17, 15) is 18.0 Å². The Hall–Kier alpha value is -3.28. The van der Waals surface area contributed by atoms with Crippen molar-refractivity contribution in [3.05, 3.63) is 64.8 Å². The maximum Gasteiger partial charge on any atom is 0.290 e. The third-order valence-corrected chi connectivity index (χ3v) is 8.66. The number of fused-ring (bicyclic) bond motifs is 1. The number of nitrogens with one attached hydrogen (secondary N) is 2. The SMILES string of the molecule is Cc1cccc2cc(S(=O)(=O)NCC3CCN(c4nccc(/C=C5\SC(=O)NC5=O)n4)CC3)ccc12. The Bertz CT molecular complexity index is 1480. The van der Waals surface area contributed by atoms with E-state index in [-0.39, 0.29) is 10.8 Å². The van der Waals surface area contributed by atoms with Crippen molar-refractivity contribution >= 4 is 55.7 Å². The zero-order chi connectivity index (χ0) is 25.3. The van der Waals surface area contributed by atoms with Crippen LogP contribution in [0.3, 0.4) is 0 Å². The third kappa shape index (κ3) is 5.28. The van der Waals surface area contributed by atoms with Crippen molar-refractivity contribution in [2.75, 3.05) is 24.5 Å². The second-order valence-corrected chi connectivity index (χ2v) is 11.7. The number of carbonyl (C=O) groups is 2. The minimum absolute atomic E-state index is 0.202. The summed E-state index contributed by atoms with van der Waals surface area (Å²) in [5.74, 6) is 0.324. The molecule has 1 aromatic heterocycles. The van der Waals surface area contributed by atoms with E-state index in [0.29, 0.717) is 36.2 Å². The molecule has 2 fully saturated rings. The molecule has 0 radical (unpaired) electrons. The first-order valence-electron chi connectivity index (χ1n) is 11.6. The number of aryl methyl sites for hydroxylation is 1. The number of sulfonamides is 1. The van der Waals surface area contributed by atoms with Gasteiger partial charge >= 0.3 is 0 Å². The highest BCUT2D eigenvalue weighted by atomic mass is 32.2. The van der Waals surface area contributed by atoms with E-state index >= 15 is 0 Å². The number of hydrogen-bond donors (Lipinski definition) is 2. The van der Waals surface area contributed by atoms with Crippen molar-refractivity contribution in [3.63, 3.8) is 0 Å². The van der Waals surface area contributed by atoms with Gasteiger partial charge in [0.15, 0.2) is 0 Å². The molecule has 0 bridgehead atoms. The molecule has 0 atom stereocenters. The molecular formula is C25H25N5O4S2. The molecule has 0 spiro atoms. The lowest BCUT2D eigenvalue weighted by molar-refractivity contribution is -0.115. The minimum atomic E-state index is -3.61. The van der Waals surface area contributed by atoms with Gasteiger partial charge < -0.3 is 4.90 Å². The van der Waals surface area contributed by atoms with Crippen molar-refractivity contribution in [1.29, 1.82) is 0 Å². The van der Waals surface area contributed by atoms with Gasteiger partial charge in [0.25, 0.3) is 11.1 Å². The van der Waals surface area contributed by atoms with Crippen molar-refractivity contribution < 1.29 is 18.0 Å². The standard InChI is InChI=1S/C25H25N5O4S2/c1-16-3-2-4-18-13-20(5-6-21(16)18)36(33,34)27-15-17-8-11-30(12-9-17)24-26-10-7-19(28-24)14-22-23(31)29-25(32)35-22/h2-7,10,13-14,17,27H,8-9,11-12,15H2,1H3,(H,29,31,32)/b22-14-. The topological polar surface area (TPSA) is 121 Å². The van der Waals surface area contributed by atoms with E-state index < -0.39 is 21.2 Å². The number of nitrogens with zero attached hydrogens (tertiary/aromatic N) is 3. The van der Waals surface area contributed by atoms with Gasteiger partial charge in [0.1, 0.15) is 0 Å². The summed E-state index contributed by atoms with van der Waals surface area (Å²) in [6, 6.07) is 12.8. The zero-order valence-corrected chi connectivity index (χ0v) is 21.2. The molecule has 2 amide bonds. The molecule has 3 heterocycles. The molecule has 186 valence electrons. The number of rotatable bonds is 6. The monoisotopic (exact) mass is 523 g/mol. The van der Waals surface area contributed by atoms with Crippen LogP contribution in [0.2, 0.25) is 0 Å². The van der Waals surface area contributed by atoms with Crippen molar-refractivity contribution in [3.8, 4) is 0 Å². The molecule has 2 aliphatic heterocycles. The summed E-state index contributed by atoms with van der Waals surface area (Å²) in [6.45, 7) is 3.76. The molecule has 0 aliphatic carbocycles. The highest BCUT2D eigenvalue weighted by Gasteiger charge is 2.26. The summed E-state index contributed by atoms with van der Waals surface area (Å²) >= 11 is 0.848. The lowest BCUT2D eigenvalue weighted by Gasteiger charge is -2.32. The fraction of sp³-hybridized carbons (Fsp3) is 0.280. The van der Waals surface area contributed by atoms with Crippen LogP contribution in [-0.4, -0.2) is 49.2 Å². The lowest BCUT2D eigenvalue weighted by atomic mass is 9.97. The van der Waals surface area contributed by atoms with Crippen LogP contribution < -0.4 is 14.9 Å². The smallest absolute Gasteiger partial charge is 0.290 e. The molecule has 0 saturated carbocycles. The fourth-order valence-corrected chi connectivity index (χ4v) is 6.21. The maximum atomic E-state index is 12.9. The summed E-state index contributed by atoms with van der Waals surface area (Å²) in [5, 5.41) is 3.78. The van der Waals surface area contributed by atoms with Crippen LogP contribution in [0, 0.1) is 12.8 Å². The number of amides is 2. The maximum absolute atomic E-state index is 12.9. The largest absolute Gasteiger partial charge is 0.341 e. The van der Waals surface area contributed by atoms with Gasteiger partial charge in [-0.2, -0.15) is 0 Å². The van der Waals surface area contributed by atoms with Crippen LogP contribution in [0.25, 0.3) is 16.8 Å². The molecule has 0 unspecified atom stereocenters. The summed E-state index contributed by atoms with van der Waals surface area (Å²) in [7, 11) is -3.61. The van der Waals surface area contributed by atoms with Crippen LogP contribution >= 0.6 is 11.8 Å². The molecule has 2 N–H and O–H groups in total. The van der Waals surface area contributed by atoms with Gasteiger partial charge in [-0.05, 0) is 78.1 Å². The van der Waals surface area contributed by atoms with Gasteiger partial charge in [-0.1, -0.05) is 24.3 Å². The molecule has 2 saturated heterocycles. The molecule has 11 heteroatoms. The number of anilines is 1. The molecule has 3 aromatic rings. The van der Waals surface area contributed by atoms with Crippen molar-refractivity contribution in [2.45, 2.75) is 24.7 Å². The van der Waals surface area contributed by atoms with E-state index in [4.69, 9.17) is 0 Å². The average molecular weight is 524 g/mol. The first-order valence-corrected chi connectivity index (χ1v) is 13.9.